The highest BCUT2D eigenvalue weighted by Gasteiger charge is 2.30. The van der Waals surface area contributed by atoms with Gasteiger partial charge in [0.1, 0.15) is 0 Å². The molecule has 0 aliphatic carbocycles. The summed E-state index contributed by atoms with van der Waals surface area (Å²) < 4.78 is 92.7. The van der Waals surface area contributed by atoms with Crippen LogP contribution in [0.25, 0.3) is 0 Å². The second kappa shape index (κ2) is 19.5. The first-order valence-corrected chi connectivity index (χ1v) is 21.5. The normalized spacial score (nSPS) is 11.5. The molecule has 0 saturated carbocycles. The molecule has 312 valence electrons. The van der Waals surface area contributed by atoms with E-state index in [0.717, 1.165) is 64.9 Å². The first kappa shape index (κ1) is 44.6. The first-order valence-electron chi connectivity index (χ1n) is 18.6. The summed E-state index contributed by atoms with van der Waals surface area (Å²) in [5, 5.41) is 18.1. The minimum atomic E-state index is -4.54. The van der Waals surface area contributed by atoms with Crippen LogP contribution in [0.4, 0.5) is 24.5 Å². The molecule has 6 aromatic rings. The van der Waals surface area contributed by atoms with Gasteiger partial charge in [0.2, 0.25) is 0 Å². The molecule has 0 fully saturated rings. The molecule has 6 rings (SSSR count). The lowest BCUT2D eigenvalue weighted by atomic mass is 10.0. The Bertz CT molecular complexity index is 2630. The summed E-state index contributed by atoms with van der Waals surface area (Å²) >= 11 is 0. The monoisotopic (exact) mass is 858 g/mol. The Morgan fingerprint density at radius 2 is 0.850 bits per heavy atom. The highest BCUT2D eigenvalue weighted by molar-refractivity contribution is 7.93. The van der Waals surface area contributed by atoms with E-state index < -0.39 is 43.7 Å². The van der Waals surface area contributed by atoms with Crippen LogP contribution in [0.2, 0.25) is 0 Å². The maximum absolute atomic E-state index is 12.6. The second-order valence-electron chi connectivity index (χ2n) is 13.6. The summed E-state index contributed by atoms with van der Waals surface area (Å²) in [5.74, 6) is -1.93. The average Bonchev–Trinajstić information content (AvgIpc) is 3.23. The SMILES string of the molecule is CCc1ccc(S(=O)(=O)Nc2ccc(CCc3cccc(C(=O)O)c3)cc2)cc1.O=C(O)c1cccc(CCc2ccc(NS(=O)(=O)c3ccc(C(F)(F)F)cc3)cc2)c1. The third-order valence-electron chi connectivity index (χ3n) is 9.30. The van der Waals surface area contributed by atoms with Crippen LogP contribution in [-0.4, -0.2) is 39.0 Å². The number of hydrogen-bond donors (Lipinski definition) is 4. The van der Waals surface area contributed by atoms with Gasteiger partial charge >= 0.3 is 18.1 Å². The van der Waals surface area contributed by atoms with Crippen molar-refractivity contribution >= 4 is 43.4 Å². The number of benzene rings is 6. The van der Waals surface area contributed by atoms with E-state index in [1.54, 1.807) is 78.9 Å². The summed E-state index contributed by atoms with van der Waals surface area (Å²) in [4.78, 5) is 22.1. The predicted octanol–water partition coefficient (Wildman–Crippen LogP) is 9.52. The Kier molecular flexibility index (Phi) is 14.5. The summed E-state index contributed by atoms with van der Waals surface area (Å²) in [5.41, 5.74) is 5.20. The molecule has 15 heteroatoms. The predicted molar refractivity (Wildman–Crippen MR) is 223 cm³/mol. The molecule has 0 bridgehead atoms. The van der Waals surface area contributed by atoms with Crippen LogP contribution in [0.1, 0.15) is 61.0 Å². The van der Waals surface area contributed by atoms with Gasteiger partial charge in [-0.1, -0.05) is 67.6 Å². The van der Waals surface area contributed by atoms with Gasteiger partial charge in [0.05, 0.1) is 26.5 Å². The molecule has 0 unspecified atom stereocenters. The van der Waals surface area contributed by atoms with E-state index in [-0.39, 0.29) is 26.6 Å². The highest BCUT2D eigenvalue weighted by Crippen LogP contribution is 2.30. The van der Waals surface area contributed by atoms with E-state index >= 15 is 0 Å². The lowest BCUT2D eigenvalue weighted by Gasteiger charge is -2.11. The van der Waals surface area contributed by atoms with Crippen molar-refractivity contribution in [2.45, 2.75) is 55.0 Å². The lowest BCUT2D eigenvalue weighted by Crippen LogP contribution is -2.13. The van der Waals surface area contributed by atoms with Gasteiger partial charge in [-0.15, -0.1) is 0 Å². The average molecular weight is 859 g/mol. The van der Waals surface area contributed by atoms with Gasteiger partial charge in [-0.3, -0.25) is 9.44 Å². The summed E-state index contributed by atoms with van der Waals surface area (Å²) in [6.07, 6.45) is -1.02. The second-order valence-corrected chi connectivity index (χ2v) is 17.0. The third kappa shape index (κ3) is 12.8. The smallest absolute Gasteiger partial charge is 0.416 e. The summed E-state index contributed by atoms with van der Waals surface area (Å²) in [6.45, 7) is 2.02. The van der Waals surface area contributed by atoms with Crippen LogP contribution in [-0.2, 0) is 58.3 Å². The summed E-state index contributed by atoms with van der Waals surface area (Å²) in [6, 6.07) is 37.4. The standard InChI is InChI=1S/C23H23NO4S.C22H18F3NO4S/c1-2-17-10-14-22(15-11-17)29(27,28)24-21-12-8-18(9-13-21)6-7-19-4-3-5-20(16-19)23(25)26;23-22(24,25)18-8-12-20(13-9-18)31(29,30)26-19-10-6-15(7-11-19)4-5-16-2-1-3-17(14-16)21(27)28/h3-5,8-16,24H,2,6-7H2,1H3,(H,25,26);1-3,6-14,26H,4-5H2,(H,27,28). The molecule has 0 radical (unpaired) electrons. The van der Waals surface area contributed by atoms with Gasteiger partial charge in [0.15, 0.2) is 0 Å². The van der Waals surface area contributed by atoms with Gasteiger partial charge < -0.3 is 10.2 Å². The van der Waals surface area contributed by atoms with Gasteiger partial charge in [-0.2, -0.15) is 13.2 Å². The van der Waals surface area contributed by atoms with Crippen molar-refractivity contribution in [3.63, 3.8) is 0 Å². The maximum atomic E-state index is 12.6. The van der Waals surface area contributed by atoms with Gasteiger partial charge in [0, 0.05) is 11.4 Å². The number of rotatable bonds is 15. The number of nitrogens with one attached hydrogen (secondary N) is 2. The zero-order chi connectivity index (χ0) is 43.5. The Morgan fingerprint density at radius 3 is 1.20 bits per heavy atom. The van der Waals surface area contributed by atoms with Crippen molar-refractivity contribution in [3.8, 4) is 0 Å². The fourth-order valence-corrected chi connectivity index (χ4v) is 8.05. The fourth-order valence-electron chi connectivity index (χ4n) is 5.93. The number of aromatic carboxylic acids is 2. The van der Waals surface area contributed by atoms with Crippen molar-refractivity contribution < 1.29 is 49.8 Å². The number of halogens is 3. The summed E-state index contributed by atoms with van der Waals surface area (Å²) in [7, 11) is -7.65. The topological polar surface area (TPSA) is 167 Å². The molecule has 0 aromatic heterocycles. The van der Waals surface area contributed by atoms with Crippen LogP contribution >= 0.6 is 0 Å². The molecule has 60 heavy (non-hydrogen) atoms. The van der Waals surface area contributed by atoms with E-state index in [1.807, 2.05) is 43.3 Å². The Morgan fingerprint density at radius 1 is 0.500 bits per heavy atom. The highest BCUT2D eigenvalue weighted by atomic mass is 32.2. The van der Waals surface area contributed by atoms with E-state index in [2.05, 4.69) is 9.44 Å². The van der Waals surface area contributed by atoms with E-state index in [4.69, 9.17) is 10.2 Å². The number of carbonyl (C=O) groups is 2. The first-order chi connectivity index (χ1) is 28.4. The van der Waals surface area contributed by atoms with Gasteiger partial charge in [0.25, 0.3) is 20.0 Å². The minimum Gasteiger partial charge on any atom is -0.478 e. The number of alkyl halides is 3. The van der Waals surface area contributed by atoms with Crippen LogP contribution in [0, 0.1) is 0 Å². The van der Waals surface area contributed by atoms with Crippen molar-refractivity contribution in [3.05, 3.63) is 190 Å². The molecule has 0 atom stereocenters. The number of sulfonamides is 2. The number of anilines is 2. The maximum Gasteiger partial charge on any atom is 0.416 e. The third-order valence-corrected chi connectivity index (χ3v) is 12.1. The largest absolute Gasteiger partial charge is 0.478 e. The zero-order valence-corrected chi connectivity index (χ0v) is 33.8. The van der Waals surface area contributed by atoms with Crippen LogP contribution in [0.15, 0.2) is 155 Å². The Labute approximate surface area is 346 Å². The van der Waals surface area contributed by atoms with Crippen molar-refractivity contribution in [2.75, 3.05) is 9.44 Å². The van der Waals surface area contributed by atoms with Crippen LogP contribution in [0.5, 0.6) is 0 Å². The molecular formula is C45H41F3N2O8S2. The van der Waals surface area contributed by atoms with Gasteiger partial charge in [-0.05, 0) is 145 Å². The van der Waals surface area contributed by atoms with Crippen molar-refractivity contribution in [2.24, 2.45) is 0 Å². The molecule has 6 aromatic carbocycles. The number of hydrogen-bond acceptors (Lipinski definition) is 6. The molecule has 0 amide bonds. The molecule has 0 saturated heterocycles. The molecule has 0 heterocycles. The number of aryl methyl sites for hydroxylation is 5. The van der Waals surface area contributed by atoms with E-state index in [0.29, 0.717) is 24.9 Å². The van der Waals surface area contributed by atoms with Crippen LogP contribution < -0.4 is 9.44 Å². The molecule has 4 N–H and O–H groups in total. The molecule has 10 nitrogen and oxygen atoms in total. The minimum absolute atomic E-state index is 0.213. The molecule has 0 aliphatic rings. The van der Waals surface area contributed by atoms with Gasteiger partial charge in [-0.25, -0.2) is 26.4 Å². The zero-order valence-electron chi connectivity index (χ0n) is 32.2. The molecule has 0 aliphatic heterocycles. The van der Waals surface area contributed by atoms with Crippen LogP contribution in [0.3, 0.4) is 0 Å². The quantitative estimate of drug-likeness (QED) is 0.0793. The Hall–Kier alpha value is -6.45. The number of carboxylic acid groups (broad SMARTS) is 2. The molecule has 0 spiro atoms. The van der Waals surface area contributed by atoms with Crippen molar-refractivity contribution in [1.82, 2.24) is 0 Å². The molecular weight excluding hydrogens is 818 g/mol. The van der Waals surface area contributed by atoms with E-state index in [9.17, 15) is 39.6 Å². The fraction of sp³-hybridized carbons (Fsp3) is 0.156. The number of carboxylic acids is 2. The lowest BCUT2D eigenvalue weighted by molar-refractivity contribution is -0.137. The van der Waals surface area contributed by atoms with E-state index in [1.165, 1.54) is 6.07 Å². The Balaban J connectivity index is 0.000000228. The van der Waals surface area contributed by atoms with Crippen molar-refractivity contribution in [1.29, 1.82) is 0 Å².